The van der Waals surface area contributed by atoms with Crippen LogP contribution < -0.4 is 5.32 Å². The van der Waals surface area contributed by atoms with Crippen LogP contribution in [0.15, 0.2) is 22.7 Å². The molecule has 1 N–H and O–H groups in total. The van der Waals surface area contributed by atoms with Gasteiger partial charge in [0.1, 0.15) is 0 Å². The van der Waals surface area contributed by atoms with Gasteiger partial charge in [0.15, 0.2) is 0 Å². The summed E-state index contributed by atoms with van der Waals surface area (Å²) in [5.41, 5.74) is 1.26. The Morgan fingerprint density at radius 3 is 2.89 bits per heavy atom. The van der Waals surface area contributed by atoms with E-state index >= 15 is 0 Å². The van der Waals surface area contributed by atoms with Crippen LogP contribution in [0.4, 0.5) is 0 Å². The number of hydrogen-bond acceptors (Lipinski definition) is 2. The highest BCUT2D eigenvalue weighted by Gasteiger charge is 2.29. The minimum atomic E-state index is 0.413. The van der Waals surface area contributed by atoms with E-state index in [0.717, 1.165) is 22.6 Å². The third-order valence-electron chi connectivity index (χ3n) is 4.00. The molecule has 2 rings (SSSR count). The molecule has 19 heavy (non-hydrogen) atoms. The van der Waals surface area contributed by atoms with Gasteiger partial charge in [-0.3, -0.25) is 4.90 Å². The molecule has 1 saturated heterocycles. The van der Waals surface area contributed by atoms with Crippen LogP contribution in [-0.4, -0.2) is 32.1 Å². The molecular weight excluding hydrogens is 324 g/mol. The maximum atomic E-state index is 6.47. The number of nitrogens with one attached hydrogen (secondary N) is 1. The summed E-state index contributed by atoms with van der Waals surface area (Å²) in [6.45, 7) is 2.19. The molecule has 0 radical (unpaired) electrons. The normalized spacial score (nSPS) is 25.3. The van der Waals surface area contributed by atoms with Crippen molar-refractivity contribution in [1.29, 1.82) is 0 Å². The minimum absolute atomic E-state index is 0.413. The Morgan fingerprint density at radius 2 is 2.21 bits per heavy atom. The number of nitrogens with zero attached hydrogens (tertiary/aromatic N) is 1. The fraction of sp³-hybridized carbons (Fsp3) is 0.600. The summed E-state index contributed by atoms with van der Waals surface area (Å²) in [6.07, 6.45) is 3.85. The lowest BCUT2D eigenvalue weighted by Gasteiger charge is -2.33. The maximum Gasteiger partial charge on any atom is 0.0465 e. The molecule has 0 saturated carbocycles. The molecule has 0 amide bonds. The fourth-order valence-electron chi connectivity index (χ4n) is 3.13. The zero-order chi connectivity index (χ0) is 13.8. The predicted molar refractivity (Wildman–Crippen MR) is 85.8 cm³/mol. The van der Waals surface area contributed by atoms with Gasteiger partial charge in [-0.05, 0) is 63.6 Å². The van der Waals surface area contributed by atoms with Crippen LogP contribution in [0, 0.1) is 5.92 Å². The van der Waals surface area contributed by atoms with Gasteiger partial charge in [-0.2, -0.15) is 0 Å². The van der Waals surface area contributed by atoms with E-state index in [0.29, 0.717) is 12.0 Å². The van der Waals surface area contributed by atoms with Crippen molar-refractivity contribution in [3.8, 4) is 0 Å². The van der Waals surface area contributed by atoms with Crippen molar-refractivity contribution in [3.63, 3.8) is 0 Å². The van der Waals surface area contributed by atoms with E-state index in [-0.39, 0.29) is 0 Å². The molecule has 2 nitrogen and oxygen atoms in total. The fourth-order valence-corrected chi connectivity index (χ4v) is 3.92. The monoisotopic (exact) mass is 344 g/mol. The van der Waals surface area contributed by atoms with Crippen LogP contribution in [-0.2, 0) is 0 Å². The van der Waals surface area contributed by atoms with Crippen molar-refractivity contribution < 1.29 is 0 Å². The summed E-state index contributed by atoms with van der Waals surface area (Å²) in [5, 5.41) is 4.21. The summed E-state index contributed by atoms with van der Waals surface area (Å²) >= 11 is 9.96. The van der Waals surface area contributed by atoms with Gasteiger partial charge in [0.25, 0.3) is 0 Å². The van der Waals surface area contributed by atoms with Crippen molar-refractivity contribution in [2.75, 3.05) is 27.2 Å². The van der Waals surface area contributed by atoms with Crippen LogP contribution >= 0.6 is 27.5 Å². The van der Waals surface area contributed by atoms with Crippen LogP contribution in [0.5, 0.6) is 0 Å². The highest BCUT2D eigenvalue weighted by molar-refractivity contribution is 9.10. The Hall–Kier alpha value is -0.0900. The average molecular weight is 346 g/mol. The summed E-state index contributed by atoms with van der Waals surface area (Å²) in [4.78, 5) is 2.46. The lowest BCUT2D eigenvalue weighted by atomic mass is 9.89. The van der Waals surface area contributed by atoms with Crippen molar-refractivity contribution in [3.05, 3.63) is 33.3 Å². The number of rotatable bonds is 3. The highest BCUT2D eigenvalue weighted by Crippen LogP contribution is 2.38. The van der Waals surface area contributed by atoms with E-state index in [4.69, 9.17) is 11.6 Å². The molecule has 1 aromatic rings. The molecule has 2 unspecified atom stereocenters. The minimum Gasteiger partial charge on any atom is -0.319 e. The molecule has 0 aromatic heterocycles. The predicted octanol–water partition coefficient (Wildman–Crippen LogP) is 4.09. The van der Waals surface area contributed by atoms with Crippen molar-refractivity contribution in [2.45, 2.75) is 25.3 Å². The molecule has 1 aromatic carbocycles. The number of hydrogen-bond donors (Lipinski definition) is 1. The van der Waals surface area contributed by atoms with Crippen LogP contribution in [0.25, 0.3) is 0 Å². The summed E-state index contributed by atoms with van der Waals surface area (Å²) in [6, 6.07) is 6.68. The third kappa shape index (κ3) is 3.72. The first-order chi connectivity index (χ1) is 9.13. The lowest BCUT2D eigenvalue weighted by molar-refractivity contribution is 0.191. The Kier molecular flexibility index (Phi) is 5.70. The van der Waals surface area contributed by atoms with E-state index < -0.39 is 0 Å². The summed E-state index contributed by atoms with van der Waals surface area (Å²) < 4.78 is 1.04. The number of halogens is 2. The van der Waals surface area contributed by atoms with Crippen LogP contribution in [0.2, 0.25) is 5.02 Å². The smallest absolute Gasteiger partial charge is 0.0465 e. The molecule has 1 aliphatic heterocycles. The Bertz CT molecular complexity index is 425. The van der Waals surface area contributed by atoms with E-state index in [9.17, 15) is 0 Å². The highest BCUT2D eigenvalue weighted by atomic mass is 79.9. The molecule has 1 heterocycles. The van der Waals surface area contributed by atoms with Gasteiger partial charge in [0.2, 0.25) is 0 Å². The quantitative estimate of drug-likeness (QED) is 0.887. The van der Waals surface area contributed by atoms with Gasteiger partial charge >= 0.3 is 0 Å². The van der Waals surface area contributed by atoms with Crippen LogP contribution in [0.1, 0.15) is 30.9 Å². The molecule has 2 atom stereocenters. The van der Waals surface area contributed by atoms with Gasteiger partial charge in [0.05, 0.1) is 0 Å². The molecule has 0 aliphatic carbocycles. The molecule has 4 heteroatoms. The first-order valence-corrected chi connectivity index (χ1v) is 8.10. The van der Waals surface area contributed by atoms with Crippen molar-refractivity contribution >= 4 is 27.5 Å². The standard InChI is InChI=1S/C15H22BrClN2/c1-18-10-11-5-3-4-8-19(2)15(11)13-7-6-12(16)9-14(13)17/h6-7,9,11,15,18H,3-5,8,10H2,1-2H3. The van der Waals surface area contributed by atoms with Gasteiger partial charge in [-0.1, -0.05) is 40.0 Å². The molecule has 1 aliphatic rings. The number of likely N-dealkylation sites (tertiary alicyclic amines) is 1. The second-order valence-corrected chi connectivity index (χ2v) is 6.73. The van der Waals surface area contributed by atoms with Crippen molar-refractivity contribution in [1.82, 2.24) is 10.2 Å². The van der Waals surface area contributed by atoms with E-state index in [1.54, 1.807) is 0 Å². The Balaban J connectivity index is 2.34. The molecule has 1 fully saturated rings. The van der Waals surface area contributed by atoms with Gasteiger partial charge in [0, 0.05) is 15.5 Å². The van der Waals surface area contributed by atoms with Gasteiger partial charge < -0.3 is 5.32 Å². The zero-order valence-corrected chi connectivity index (χ0v) is 14.0. The van der Waals surface area contributed by atoms with E-state index in [1.807, 2.05) is 13.1 Å². The number of benzene rings is 1. The average Bonchev–Trinajstić information content (AvgIpc) is 2.53. The van der Waals surface area contributed by atoms with E-state index in [1.165, 1.54) is 24.8 Å². The first-order valence-electron chi connectivity index (χ1n) is 6.93. The Morgan fingerprint density at radius 1 is 1.42 bits per heavy atom. The van der Waals surface area contributed by atoms with Crippen molar-refractivity contribution in [2.24, 2.45) is 5.92 Å². The SMILES string of the molecule is CNCC1CCCCN(C)C1c1ccc(Br)cc1Cl. The summed E-state index contributed by atoms with van der Waals surface area (Å²) in [7, 11) is 4.25. The Labute approximate surface area is 129 Å². The maximum absolute atomic E-state index is 6.47. The third-order valence-corrected chi connectivity index (χ3v) is 4.83. The molecule has 0 spiro atoms. The van der Waals surface area contributed by atoms with Gasteiger partial charge in [-0.15, -0.1) is 0 Å². The second-order valence-electron chi connectivity index (χ2n) is 5.40. The molecule has 0 bridgehead atoms. The van der Waals surface area contributed by atoms with Crippen LogP contribution in [0.3, 0.4) is 0 Å². The lowest BCUT2D eigenvalue weighted by Crippen LogP contribution is -2.34. The molecular formula is C15H22BrClN2. The van der Waals surface area contributed by atoms with Gasteiger partial charge in [-0.25, -0.2) is 0 Å². The topological polar surface area (TPSA) is 15.3 Å². The second kappa shape index (κ2) is 7.07. The summed E-state index contributed by atoms with van der Waals surface area (Å²) in [5.74, 6) is 0.621. The first kappa shape index (κ1) is 15.3. The zero-order valence-electron chi connectivity index (χ0n) is 11.6. The largest absolute Gasteiger partial charge is 0.319 e. The van der Waals surface area contributed by atoms with E-state index in [2.05, 4.69) is 45.3 Å². The molecule has 106 valence electrons.